The quantitative estimate of drug-likeness (QED) is 0.811. The van der Waals surface area contributed by atoms with E-state index in [4.69, 9.17) is 11.6 Å². The zero-order valence-corrected chi connectivity index (χ0v) is 10.00. The predicted molar refractivity (Wildman–Crippen MR) is 64.3 cm³/mol. The van der Waals surface area contributed by atoms with Gasteiger partial charge in [0.25, 0.3) is 0 Å². The molecule has 2 nitrogen and oxygen atoms in total. The molecule has 1 heterocycles. The average molecular weight is 240 g/mol. The monoisotopic (exact) mass is 239 g/mol. The minimum atomic E-state index is 0.0793. The van der Waals surface area contributed by atoms with Gasteiger partial charge in [0.1, 0.15) is 0 Å². The summed E-state index contributed by atoms with van der Waals surface area (Å²) in [7, 11) is 0. The number of ketones is 1. The van der Waals surface area contributed by atoms with E-state index in [1.807, 2.05) is 25.1 Å². The molecule has 0 radical (unpaired) electrons. The van der Waals surface area contributed by atoms with Crippen LogP contribution in [0.3, 0.4) is 0 Å². The molecule has 4 heteroatoms. The van der Waals surface area contributed by atoms with Crippen LogP contribution in [0.2, 0.25) is 5.02 Å². The zero-order valence-electron chi connectivity index (χ0n) is 8.43. The van der Waals surface area contributed by atoms with Gasteiger partial charge in [0.15, 0.2) is 5.78 Å². The normalized spacial score (nSPS) is 14.6. The summed E-state index contributed by atoms with van der Waals surface area (Å²) in [6, 6.07) is 5.62. The minimum absolute atomic E-state index is 0.0793. The van der Waals surface area contributed by atoms with Crippen molar-refractivity contribution in [1.29, 1.82) is 0 Å². The number of Topliss-reactive ketones (excluding diaryl/α,β-unsaturated/α-hetero) is 1. The van der Waals surface area contributed by atoms with Crippen LogP contribution in [0.25, 0.3) is 0 Å². The molecule has 2 rings (SSSR count). The van der Waals surface area contributed by atoms with E-state index in [-0.39, 0.29) is 5.78 Å². The molecule has 0 fully saturated rings. The summed E-state index contributed by atoms with van der Waals surface area (Å²) in [4.78, 5) is 13.1. The highest BCUT2D eigenvalue weighted by molar-refractivity contribution is 8.04. The Morgan fingerprint density at radius 2 is 2.20 bits per heavy atom. The van der Waals surface area contributed by atoms with Gasteiger partial charge in [-0.05, 0) is 32.0 Å². The van der Waals surface area contributed by atoms with Gasteiger partial charge in [-0.1, -0.05) is 23.4 Å². The van der Waals surface area contributed by atoms with E-state index >= 15 is 0 Å². The number of halogens is 1. The molecule has 1 N–H and O–H groups in total. The predicted octanol–water partition coefficient (Wildman–Crippen LogP) is 3.68. The number of rotatable bonds is 1. The van der Waals surface area contributed by atoms with Crippen LogP contribution in [-0.2, 0) is 4.79 Å². The van der Waals surface area contributed by atoms with Crippen LogP contribution < -0.4 is 5.32 Å². The lowest BCUT2D eigenvalue weighted by molar-refractivity contribution is -0.113. The number of anilines is 1. The SMILES string of the molecule is CC(=O)C1=C(C)Nc2ccc(Cl)cc2S1. The highest BCUT2D eigenvalue weighted by atomic mass is 35.5. The van der Waals surface area contributed by atoms with Gasteiger partial charge in [0, 0.05) is 15.6 Å². The lowest BCUT2D eigenvalue weighted by Gasteiger charge is -2.20. The second-order valence-corrected chi connectivity index (χ2v) is 4.87. The van der Waals surface area contributed by atoms with Crippen LogP contribution in [0.5, 0.6) is 0 Å². The van der Waals surface area contributed by atoms with Crippen molar-refractivity contribution in [3.8, 4) is 0 Å². The maximum atomic E-state index is 11.4. The number of carbonyl (C=O) groups is 1. The van der Waals surface area contributed by atoms with E-state index in [1.165, 1.54) is 11.8 Å². The maximum Gasteiger partial charge on any atom is 0.168 e. The summed E-state index contributed by atoms with van der Waals surface area (Å²) in [5.74, 6) is 0.0793. The number of thioether (sulfide) groups is 1. The highest BCUT2D eigenvalue weighted by Gasteiger charge is 2.18. The standard InChI is InChI=1S/C11H10ClNOS/c1-6-11(7(2)14)15-10-5-8(12)3-4-9(10)13-6/h3-5,13H,1-2H3. The number of fused-ring (bicyclic) bond motifs is 1. The van der Waals surface area contributed by atoms with Gasteiger partial charge in [0.05, 0.1) is 10.6 Å². The first-order valence-corrected chi connectivity index (χ1v) is 5.73. The summed E-state index contributed by atoms with van der Waals surface area (Å²) < 4.78 is 0. The summed E-state index contributed by atoms with van der Waals surface area (Å²) in [5, 5.41) is 3.88. The molecule has 0 bridgehead atoms. The molecule has 0 atom stereocenters. The molecule has 0 amide bonds. The first-order valence-electron chi connectivity index (χ1n) is 4.54. The van der Waals surface area contributed by atoms with E-state index in [1.54, 1.807) is 6.92 Å². The van der Waals surface area contributed by atoms with Gasteiger partial charge in [-0.15, -0.1) is 0 Å². The lowest BCUT2D eigenvalue weighted by Crippen LogP contribution is -2.09. The first kappa shape index (κ1) is 10.6. The number of hydrogen-bond acceptors (Lipinski definition) is 3. The molecule has 0 aliphatic carbocycles. The Morgan fingerprint density at radius 3 is 2.87 bits per heavy atom. The molecular weight excluding hydrogens is 230 g/mol. The molecule has 1 aliphatic rings. The average Bonchev–Trinajstić information content (AvgIpc) is 2.17. The van der Waals surface area contributed by atoms with Crippen molar-refractivity contribution in [2.75, 3.05) is 5.32 Å². The second kappa shape index (κ2) is 3.91. The van der Waals surface area contributed by atoms with Crippen LogP contribution in [-0.4, -0.2) is 5.78 Å². The van der Waals surface area contributed by atoms with Gasteiger partial charge in [-0.2, -0.15) is 0 Å². The van der Waals surface area contributed by atoms with Crippen LogP contribution in [0.1, 0.15) is 13.8 Å². The van der Waals surface area contributed by atoms with Gasteiger partial charge in [0.2, 0.25) is 0 Å². The smallest absolute Gasteiger partial charge is 0.168 e. The summed E-state index contributed by atoms with van der Waals surface area (Å²) in [6.07, 6.45) is 0. The summed E-state index contributed by atoms with van der Waals surface area (Å²) in [6.45, 7) is 3.48. The molecule has 0 spiro atoms. The largest absolute Gasteiger partial charge is 0.357 e. The molecule has 0 saturated heterocycles. The third-order valence-corrected chi connectivity index (χ3v) is 3.73. The maximum absolute atomic E-state index is 11.4. The zero-order chi connectivity index (χ0) is 11.0. The van der Waals surface area contributed by atoms with Crippen LogP contribution in [0.4, 0.5) is 5.69 Å². The highest BCUT2D eigenvalue weighted by Crippen LogP contribution is 2.40. The summed E-state index contributed by atoms with van der Waals surface area (Å²) >= 11 is 7.37. The Morgan fingerprint density at radius 1 is 1.47 bits per heavy atom. The topological polar surface area (TPSA) is 29.1 Å². The molecule has 78 valence electrons. The Kier molecular flexibility index (Phi) is 2.76. The van der Waals surface area contributed by atoms with Crippen molar-refractivity contribution in [3.05, 3.63) is 33.8 Å². The molecule has 1 aromatic carbocycles. The van der Waals surface area contributed by atoms with Crippen molar-refractivity contribution in [2.45, 2.75) is 18.7 Å². The fourth-order valence-electron chi connectivity index (χ4n) is 1.47. The Bertz CT molecular complexity index is 468. The van der Waals surface area contributed by atoms with E-state index < -0.39 is 0 Å². The number of carbonyl (C=O) groups excluding carboxylic acids is 1. The number of benzene rings is 1. The minimum Gasteiger partial charge on any atom is -0.357 e. The molecule has 0 saturated carbocycles. The van der Waals surface area contributed by atoms with Crippen molar-refractivity contribution >= 4 is 34.8 Å². The molecular formula is C11H10ClNOS. The van der Waals surface area contributed by atoms with Gasteiger partial charge >= 0.3 is 0 Å². The van der Waals surface area contributed by atoms with E-state index in [9.17, 15) is 4.79 Å². The van der Waals surface area contributed by atoms with Crippen molar-refractivity contribution < 1.29 is 4.79 Å². The lowest BCUT2D eigenvalue weighted by atomic mass is 10.2. The second-order valence-electron chi connectivity index (χ2n) is 3.38. The van der Waals surface area contributed by atoms with Crippen molar-refractivity contribution in [1.82, 2.24) is 0 Å². The third kappa shape index (κ3) is 2.03. The first-order chi connectivity index (χ1) is 7.08. The molecule has 0 unspecified atom stereocenters. The number of nitrogens with one attached hydrogen (secondary N) is 1. The van der Waals surface area contributed by atoms with Gasteiger partial charge < -0.3 is 5.32 Å². The van der Waals surface area contributed by atoms with E-state index in [0.29, 0.717) is 5.02 Å². The fourth-order valence-corrected chi connectivity index (χ4v) is 2.68. The molecule has 15 heavy (non-hydrogen) atoms. The summed E-state index contributed by atoms with van der Waals surface area (Å²) in [5.41, 5.74) is 1.91. The Labute approximate surface area is 97.7 Å². The molecule has 1 aliphatic heterocycles. The van der Waals surface area contributed by atoms with Crippen molar-refractivity contribution in [3.63, 3.8) is 0 Å². The molecule has 1 aromatic rings. The number of hydrogen-bond donors (Lipinski definition) is 1. The molecule has 0 aromatic heterocycles. The Balaban J connectivity index is 2.43. The van der Waals surface area contributed by atoms with Crippen LogP contribution in [0.15, 0.2) is 33.7 Å². The third-order valence-electron chi connectivity index (χ3n) is 2.14. The van der Waals surface area contributed by atoms with Crippen LogP contribution in [0, 0.1) is 0 Å². The van der Waals surface area contributed by atoms with E-state index in [2.05, 4.69) is 5.32 Å². The fraction of sp³-hybridized carbons (Fsp3) is 0.182. The van der Waals surface area contributed by atoms with Gasteiger partial charge in [-0.3, -0.25) is 4.79 Å². The van der Waals surface area contributed by atoms with Gasteiger partial charge in [-0.25, -0.2) is 0 Å². The van der Waals surface area contributed by atoms with E-state index in [0.717, 1.165) is 21.2 Å². The number of allylic oxidation sites excluding steroid dienone is 2. The van der Waals surface area contributed by atoms with Crippen molar-refractivity contribution in [2.24, 2.45) is 0 Å². The van der Waals surface area contributed by atoms with Crippen LogP contribution >= 0.6 is 23.4 Å². The Hall–Kier alpha value is -0.930.